The summed E-state index contributed by atoms with van der Waals surface area (Å²) >= 11 is 0. The zero-order valence-electron chi connectivity index (χ0n) is 7.63. The summed E-state index contributed by atoms with van der Waals surface area (Å²) in [4.78, 5) is 0. The van der Waals surface area contributed by atoms with Gasteiger partial charge in [0.25, 0.3) is 0 Å². The molecule has 1 rings (SSSR count). The van der Waals surface area contributed by atoms with Crippen molar-refractivity contribution in [2.24, 2.45) is 0 Å². The fourth-order valence-electron chi connectivity index (χ4n) is 0.963. The summed E-state index contributed by atoms with van der Waals surface area (Å²) in [5.41, 5.74) is 6.21. The molecule has 0 aromatic heterocycles. The zero-order chi connectivity index (χ0) is 9.84. The van der Waals surface area contributed by atoms with Crippen molar-refractivity contribution in [3.05, 3.63) is 23.5 Å². The number of hydrogen-bond donors (Lipinski definition) is 1. The minimum Gasteiger partial charge on any atom is -0.465 e. The first kappa shape index (κ1) is 9.80. The van der Waals surface area contributed by atoms with E-state index in [9.17, 15) is 4.39 Å². The summed E-state index contributed by atoms with van der Waals surface area (Å²) in [6, 6.07) is 3.02. The Balaban J connectivity index is 2.92. The third kappa shape index (κ3) is 2.32. The van der Waals surface area contributed by atoms with Crippen molar-refractivity contribution < 1.29 is 13.9 Å². The molecule has 0 aliphatic heterocycles. The topological polar surface area (TPSA) is 44.5 Å². The van der Waals surface area contributed by atoms with Crippen molar-refractivity contribution in [3.63, 3.8) is 0 Å². The molecule has 0 heterocycles. The molecule has 0 spiro atoms. The predicted octanol–water partition coefficient (Wildman–Crippen LogP) is 1.70. The summed E-state index contributed by atoms with van der Waals surface area (Å²) in [6.07, 6.45) is 0. The first-order valence-electron chi connectivity index (χ1n) is 3.82. The fourth-order valence-corrected chi connectivity index (χ4v) is 0.963. The smallest absolute Gasteiger partial charge is 0.188 e. The molecule has 72 valence electrons. The first-order valence-corrected chi connectivity index (χ1v) is 3.82. The van der Waals surface area contributed by atoms with Gasteiger partial charge in [-0.05, 0) is 24.6 Å². The normalized spacial score (nSPS) is 10.1. The SMILES string of the molecule is COCOc1cc(C)cc(F)c1N. The Morgan fingerprint density at radius 3 is 2.77 bits per heavy atom. The van der Waals surface area contributed by atoms with Crippen molar-refractivity contribution in [2.45, 2.75) is 6.92 Å². The molecule has 1 aromatic rings. The number of anilines is 1. The van der Waals surface area contributed by atoms with Crippen LogP contribution in [-0.4, -0.2) is 13.9 Å². The highest BCUT2D eigenvalue weighted by Crippen LogP contribution is 2.25. The van der Waals surface area contributed by atoms with Gasteiger partial charge in [-0.3, -0.25) is 0 Å². The van der Waals surface area contributed by atoms with Crippen LogP contribution in [0, 0.1) is 12.7 Å². The van der Waals surface area contributed by atoms with E-state index >= 15 is 0 Å². The zero-order valence-corrected chi connectivity index (χ0v) is 7.63. The monoisotopic (exact) mass is 185 g/mol. The lowest BCUT2D eigenvalue weighted by Crippen LogP contribution is -2.03. The number of nitrogen functional groups attached to an aromatic ring is 1. The molecule has 0 unspecified atom stereocenters. The molecule has 3 nitrogen and oxygen atoms in total. The van der Waals surface area contributed by atoms with Crippen molar-refractivity contribution >= 4 is 5.69 Å². The summed E-state index contributed by atoms with van der Waals surface area (Å²) in [7, 11) is 1.49. The third-order valence-electron chi connectivity index (χ3n) is 1.57. The Morgan fingerprint density at radius 2 is 2.15 bits per heavy atom. The van der Waals surface area contributed by atoms with Crippen LogP contribution in [0.1, 0.15) is 5.56 Å². The standard InChI is InChI=1S/C9H12FNO2/c1-6-3-7(10)9(11)8(4-6)13-5-12-2/h3-4H,5,11H2,1-2H3. The predicted molar refractivity (Wildman–Crippen MR) is 48.1 cm³/mol. The Hall–Kier alpha value is -1.29. The highest BCUT2D eigenvalue weighted by atomic mass is 19.1. The van der Waals surface area contributed by atoms with Gasteiger partial charge in [0.1, 0.15) is 17.3 Å². The van der Waals surface area contributed by atoms with Crippen LogP contribution in [0.15, 0.2) is 12.1 Å². The quantitative estimate of drug-likeness (QED) is 0.575. The molecule has 0 amide bonds. The average molecular weight is 185 g/mol. The van der Waals surface area contributed by atoms with E-state index in [2.05, 4.69) is 4.74 Å². The summed E-state index contributed by atoms with van der Waals surface area (Å²) < 4.78 is 22.8. The molecule has 0 radical (unpaired) electrons. The molecule has 13 heavy (non-hydrogen) atoms. The molecule has 1 aromatic carbocycles. The van der Waals surface area contributed by atoms with Gasteiger partial charge in [0.15, 0.2) is 6.79 Å². The van der Waals surface area contributed by atoms with Crippen molar-refractivity contribution in [1.82, 2.24) is 0 Å². The fraction of sp³-hybridized carbons (Fsp3) is 0.333. The maximum Gasteiger partial charge on any atom is 0.188 e. The lowest BCUT2D eigenvalue weighted by Gasteiger charge is -2.09. The molecular formula is C9H12FNO2. The van der Waals surface area contributed by atoms with Crippen LogP contribution in [0.3, 0.4) is 0 Å². The molecule has 0 bridgehead atoms. The van der Waals surface area contributed by atoms with E-state index in [1.54, 1.807) is 13.0 Å². The molecule has 4 heteroatoms. The number of aryl methyl sites for hydroxylation is 1. The number of halogens is 1. The van der Waals surface area contributed by atoms with Crippen LogP contribution in [0.4, 0.5) is 10.1 Å². The van der Waals surface area contributed by atoms with Gasteiger partial charge in [-0.2, -0.15) is 0 Å². The van der Waals surface area contributed by atoms with Gasteiger partial charge in [-0.25, -0.2) is 4.39 Å². The minimum absolute atomic E-state index is 0.0163. The molecular weight excluding hydrogens is 173 g/mol. The Kier molecular flexibility index (Phi) is 3.08. The number of benzene rings is 1. The van der Waals surface area contributed by atoms with Gasteiger partial charge in [0.05, 0.1) is 0 Å². The maximum atomic E-state index is 13.0. The minimum atomic E-state index is -0.467. The van der Waals surface area contributed by atoms with Crippen molar-refractivity contribution in [2.75, 3.05) is 19.6 Å². The van der Waals surface area contributed by atoms with E-state index in [4.69, 9.17) is 10.5 Å². The number of ether oxygens (including phenoxy) is 2. The average Bonchev–Trinajstić information content (AvgIpc) is 2.09. The molecule has 0 aliphatic rings. The molecule has 2 N–H and O–H groups in total. The second kappa shape index (κ2) is 4.09. The second-order valence-electron chi connectivity index (χ2n) is 2.71. The van der Waals surface area contributed by atoms with Crippen LogP contribution in [0.5, 0.6) is 5.75 Å². The Bertz CT molecular complexity index is 302. The number of methoxy groups -OCH3 is 1. The number of rotatable bonds is 3. The molecule has 0 fully saturated rings. The van der Waals surface area contributed by atoms with Crippen LogP contribution >= 0.6 is 0 Å². The molecule has 0 saturated heterocycles. The number of hydrogen-bond acceptors (Lipinski definition) is 3. The summed E-state index contributed by atoms with van der Waals surface area (Å²) in [6.45, 7) is 1.83. The Morgan fingerprint density at radius 1 is 1.46 bits per heavy atom. The molecule has 0 aliphatic carbocycles. The second-order valence-corrected chi connectivity index (χ2v) is 2.71. The van der Waals surface area contributed by atoms with E-state index in [1.807, 2.05) is 0 Å². The van der Waals surface area contributed by atoms with Gasteiger partial charge in [0.2, 0.25) is 0 Å². The largest absolute Gasteiger partial charge is 0.465 e. The lowest BCUT2D eigenvalue weighted by molar-refractivity contribution is 0.0514. The highest BCUT2D eigenvalue weighted by molar-refractivity contribution is 5.54. The van der Waals surface area contributed by atoms with Crippen LogP contribution < -0.4 is 10.5 Å². The van der Waals surface area contributed by atoms with Crippen molar-refractivity contribution in [3.8, 4) is 5.75 Å². The van der Waals surface area contributed by atoms with E-state index in [1.165, 1.54) is 13.2 Å². The lowest BCUT2D eigenvalue weighted by atomic mass is 10.2. The Labute approximate surface area is 76.3 Å². The number of nitrogens with two attached hydrogens (primary N) is 1. The van der Waals surface area contributed by atoms with Gasteiger partial charge in [-0.1, -0.05) is 0 Å². The van der Waals surface area contributed by atoms with Gasteiger partial charge in [-0.15, -0.1) is 0 Å². The van der Waals surface area contributed by atoms with Gasteiger partial charge >= 0.3 is 0 Å². The van der Waals surface area contributed by atoms with E-state index in [-0.39, 0.29) is 12.5 Å². The first-order chi connectivity index (χ1) is 6.15. The molecule has 0 saturated carbocycles. The highest BCUT2D eigenvalue weighted by Gasteiger charge is 2.06. The van der Waals surface area contributed by atoms with E-state index in [0.717, 1.165) is 5.56 Å². The van der Waals surface area contributed by atoms with Crippen LogP contribution in [0.25, 0.3) is 0 Å². The van der Waals surface area contributed by atoms with E-state index < -0.39 is 5.82 Å². The summed E-state index contributed by atoms with van der Waals surface area (Å²) in [5.74, 6) is -0.148. The van der Waals surface area contributed by atoms with E-state index in [0.29, 0.717) is 5.75 Å². The maximum absolute atomic E-state index is 13.0. The van der Waals surface area contributed by atoms with Gasteiger partial charge in [0, 0.05) is 7.11 Å². The van der Waals surface area contributed by atoms with Crippen LogP contribution in [-0.2, 0) is 4.74 Å². The summed E-state index contributed by atoms with van der Waals surface area (Å²) in [5, 5.41) is 0. The third-order valence-corrected chi connectivity index (χ3v) is 1.57. The van der Waals surface area contributed by atoms with Crippen LogP contribution in [0.2, 0.25) is 0 Å². The van der Waals surface area contributed by atoms with Gasteiger partial charge < -0.3 is 15.2 Å². The molecule has 0 atom stereocenters. The van der Waals surface area contributed by atoms with Crippen molar-refractivity contribution in [1.29, 1.82) is 0 Å².